The van der Waals surface area contributed by atoms with Crippen LogP contribution in [0.4, 0.5) is 0 Å². The third-order valence-corrected chi connectivity index (χ3v) is 3.41. The fourth-order valence-electron chi connectivity index (χ4n) is 2.40. The average Bonchev–Trinajstić information content (AvgIpc) is 3.07. The van der Waals surface area contributed by atoms with Crippen LogP contribution in [-0.4, -0.2) is 22.7 Å². The average molecular weight is 308 g/mol. The maximum atomic E-state index is 11.7. The van der Waals surface area contributed by atoms with E-state index in [0.29, 0.717) is 5.89 Å². The lowest BCUT2D eigenvalue weighted by atomic mass is 9.91. The molecule has 2 aromatic carbocycles. The molecule has 0 aliphatic carbocycles. The summed E-state index contributed by atoms with van der Waals surface area (Å²) in [6.45, 7) is 2.00. The Hall–Kier alpha value is -2.95. The van der Waals surface area contributed by atoms with Crippen molar-refractivity contribution in [3.63, 3.8) is 0 Å². The molecule has 0 saturated heterocycles. The highest BCUT2D eigenvalue weighted by Gasteiger charge is 2.25. The molecule has 3 aromatic rings. The first-order valence-electron chi connectivity index (χ1n) is 7.40. The van der Waals surface area contributed by atoms with E-state index in [0.717, 1.165) is 11.1 Å². The molecular formula is C18H16N2O3. The topological polar surface area (TPSA) is 65.2 Å². The molecule has 23 heavy (non-hydrogen) atoms. The monoisotopic (exact) mass is 308 g/mol. The number of ether oxygens (including phenoxy) is 1. The third-order valence-electron chi connectivity index (χ3n) is 3.41. The largest absolute Gasteiger partial charge is 0.460 e. The van der Waals surface area contributed by atoms with Crippen LogP contribution in [0, 0.1) is 0 Å². The van der Waals surface area contributed by atoms with Crippen LogP contribution in [0.15, 0.2) is 65.2 Å². The zero-order valence-corrected chi connectivity index (χ0v) is 12.7. The van der Waals surface area contributed by atoms with Gasteiger partial charge in [0.05, 0.1) is 12.5 Å². The van der Waals surface area contributed by atoms with Crippen molar-refractivity contribution >= 4 is 5.97 Å². The summed E-state index contributed by atoms with van der Waals surface area (Å²) in [7, 11) is 0. The van der Waals surface area contributed by atoms with Gasteiger partial charge in [0.2, 0.25) is 5.89 Å². The number of rotatable bonds is 5. The van der Waals surface area contributed by atoms with Crippen LogP contribution in [0.2, 0.25) is 0 Å². The summed E-state index contributed by atoms with van der Waals surface area (Å²) in [5.74, 6) is -0.500. The summed E-state index contributed by atoms with van der Waals surface area (Å²) in [6.07, 6.45) is 0. The van der Waals surface area contributed by atoms with E-state index in [2.05, 4.69) is 10.1 Å². The predicted octanol–water partition coefficient (Wildman–Crippen LogP) is 3.43. The van der Waals surface area contributed by atoms with Crippen LogP contribution in [0.5, 0.6) is 0 Å². The van der Waals surface area contributed by atoms with E-state index in [1.54, 1.807) is 6.92 Å². The molecule has 5 nitrogen and oxygen atoms in total. The van der Waals surface area contributed by atoms with E-state index >= 15 is 0 Å². The first-order valence-corrected chi connectivity index (χ1v) is 7.40. The Labute approximate surface area is 133 Å². The van der Waals surface area contributed by atoms with Crippen molar-refractivity contribution in [3.05, 3.63) is 83.5 Å². The lowest BCUT2D eigenvalue weighted by Crippen LogP contribution is -2.08. The molecule has 116 valence electrons. The summed E-state index contributed by atoms with van der Waals surface area (Å²) in [5.41, 5.74) is 2.02. The van der Waals surface area contributed by atoms with Gasteiger partial charge in [-0.05, 0) is 23.2 Å². The van der Waals surface area contributed by atoms with Gasteiger partial charge < -0.3 is 9.26 Å². The molecule has 0 N–H and O–H groups in total. The van der Waals surface area contributed by atoms with Crippen molar-refractivity contribution in [2.45, 2.75) is 12.8 Å². The molecule has 0 amide bonds. The van der Waals surface area contributed by atoms with Crippen molar-refractivity contribution in [2.24, 2.45) is 0 Å². The third kappa shape index (κ3) is 3.29. The Morgan fingerprint density at radius 2 is 1.61 bits per heavy atom. The zero-order valence-electron chi connectivity index (χ0n) is 12.7. The van der Waals surface area contributed by atoms with E-state index in [1.165, 1.54) is 0 Å². The van der Waals surface area contributed by atoms with E-state index < -0.39 is 5.97 Å². The zero-order chi connectivity index (χ0) is 16.1. The van der Waals surface area contributed by atoms with Gasteiger partial charge in [0.15, 0.2) is 0 Å². The van der Waals surface area contributed by atoms with Crippen LogP contribution >= 0.6 is 0 Å². The number of benzene rings is 2. The molecule has 0 atom stereocenters. The van der Waals surface area contributed by atoms with Crippen LogP contribution in [0.3, 0.4) is 0 Å². The van der Waals surface area contributed by atoms with E-state index in [4.69, 9.17) is 9.26 Å². The predicted molar refractivity (Wildman–Crippen MR) is 84.1 cm³/mol. The highest BCUT2D eigenvalue weighted by Crippen LogP contribution is 2.30. The Morgan fingerprint density at radius 3 is 2.13 bits per heavy atom. The van der Waals surface area contributed by atoms with Crippen molar-refractivity contribution in [1.82, 2.24) is 10.1 Å². The number of aromatic nitrogens is 2. The lowest BCUT2D eigenvalue weighted by Gasteiger charge is -2.13. The molecule has 0 aliphatic heterocycles. The Morgan fingerprint density at radius 1 is 1.04 bits per heavy atom. The second-order valence-electron chi connectivity index (χ2n) is 4.93. The van der Waals surface area contributed by atoms with Crippen LogP contribution in [0.25, 0.3) is 0 Å². The number of carbonyl (C=O) groups is 1. The molecule has 0 unspecified atom stereocenters. The fraction of sp³-hybridized carbons (Fsp3) is 0.167. The Bertz CT molecular complexity index is 730. The maximum absolute atomic E-state index is 11.7. The lowest BCUT2D eigenvalue weighted by molar-refractivity contribution is 0.0508. The molecule has 0 radical (unpaired) electrons. The van der Waals surface area contributed by atoms with Crippen molar-refractivity contribution in [3.8, 4) is 0 Å². The SMILES string of the molecule is CCOC(=O)c1noc(C(c2ccccc2)c2ccccc2)n1. The first kappa shape index (κ1) is 15.0. The molecule has 0 spiro atoms. The Balaban J connectivity index is 2.01. The van der Waals surface area contributed by atoms with E-state index in [1.807, 2.05) is 60.7 Å². The van der Waals surface area contributed by atoms with Crippen LogP contribution in [-0.2, 0) is 4.74 Å². The molecule has 3 rings (SSSR count). The standard InChI is InChI=1S/C18H16N2O3/c1-2-22-18(21)16-19-17(23-20-16)15(13-9-5-3-6-10-13)14-11-7-4-8-12-14/h3-12,15H,2H2,1H3. The van der Waals surface area contributed by atoms with Gasteiger partial charge in [-0.3, -0.25) is 0 Å². The van der Waals surface area contributed by atoms with E-state index in [9.17, 15) is 4.79 Å². The molecule has 0 saturated carbocycles. The Kier molecular flexibility index (Phi) is 4.47. The van der Waals surface area contributed by atoms with Gasteiger partial charge in [-0.1, -0.05) is 60.7 Å². The second kappa shape index (κ2) is 6.87. The molecule has 0 fully saturated rings. The molecule has 5 heteroatoms. The van der Waals surface area contributed by atoms with Gasteiger partial charge in [-0.2, -0.15) is 4.98 Å². The number of esters is 1. The summed E-state index contributed by atoms with van der Waals surface area (Å²) < 4.78 is 10.2. The van der Waals surface area contributed by atoms with Gasteiger partial charge in [0, 0.05) is 0 Å². The smallest absolute Gasteiger partial charge is 0.379 e. The van der Waals surface area contributed by atoms with Gasteiger partial charge in [0.25, 0.3) is 5.82 Å². The van der Waals surface area contributed by atoms with Crippen molar-refractivity contribution in [2.75, 3.05) is 6.61 Å². The quantitative estimate of drug-likeness (QED) is 0.676. The van der Waals surface area contributed by atoms with Gasteiger partial charge in [0.1, 0.15) is 0 Å². The van der Waals surface area contributed by atoms with Crippen LogP contribution < -0.4 is 0 Å². The number of carbonyl (C=O) groups excluding carboxylic acids is 1. The molecule has 1 aromatic heterocycles. The normalized spacial score (nSPS) is 10.7. The van der Waals surface area contributed by atoms with E-state index in [-0.39, 0.29) is 18.3 Å². The highest BCUT2D eigenvalue weighted by atomic mass is 16.5. The maximum Gasteiger partial charge on any atom is 0.379 e. The minimum Gasteiger partial charge on any atom is -0.460 e. The van der Waals surface area contributed by atoms with Crippen molar-refractivity contribution in [1.29, 1.82) is 0 Å². The number of hydrogen-bond acceptors (Lipinski definition) is 5. The molecule has 0 bridgehead atoms. The summed E-state index contributed by atoms with van der Waals surface area (Å²) >= 11 is 0. The number of hydrogen-bond donors (Lipinski definition) is 0. The summed E-state index contributed by atoms with van der Waals surface area (Å²) in [6, 6.07) is 19.7. The van der Waals surface area contributed by atoms with Crippen molar-refractivity contribution < 1.29 is 14.1 Å². The minimum absolute atomic E-state index is 0.0567. The first-order chi connectivity index (χ1) is 11.3. The minimum atomic E-state index is -0.581. The summed E-state index contributed by atoms with van der Waals surface area (Å²) in [5, 5.41) is 3.75. The van der Waals surface area contributed by atoms with Gasteiger partial charge in [-0.25, -0.2) is 4.79 Å². The molecular weight excluding hydrogens is 292 g/mol. The molecule has 1 heterocycles. The summed E-state index contributed by atoms with van der Waals surface area (Å²) in [4.78, 5) is 16.0. The van der Waals surface area contributed by atoms with Crippen LogP contribution in [0.1, 0.15) is 40.5 Å². The fourth-order valence-corrected chi connectivity index (χ4v) is 2.40. The highest BCUT2D eigenvalue weighted by molar-refractivity contribution is 5.84. The number of nitrogens with zero attached hydrogens (tertiary/aromatic N) is 2. The second-order valence-corrected chi connectivity index (χ2v) is 4.93. The van der Waals surface area contributed by atoms with Gasteiger partial charge in [-0.15, -0.1) is 0 Å². The molecule has 0 aliphatic rings. The van der Waals surface area contributed by atoms with Gasteiger partial charge >= 0.3 is 5.97 Å².